The van der Waals surface area contributed by atoms with Crippen LogP contribution in [0.5, 0.6) is 0 Å². The van der Waals surface area contributed by atoms with Crippen LogP contribution in [0.4, 0.5) is 0 Å². The highest BCUT2D eigenvalue weighted by atomic mass is 16.4. The minimum Gasteiger partial charge on any atom is -0.480 e. The molecule has 0 bridgehead atoms. The fourth-order valence-electron chi connectivity index (χ4n) is 2.27. The molecule has 4 N–H and O–H groups in total. The van der Waals surface area contributed by atoms with Gasteiger partial charge in [-0.05, 0) is 5.56 Å². The van der Waals surface area contributed by atoms with Gasteiger partial charge >= 0.3 is 5.97 Å². The third-order valence-electron chi connectivity index (χ3n) is 3.27. The Bertz CT molecular complexity index is 477. The second-order valence-corrected chi connectivity index (χ2v) is 4.62. The van der Waals surface area contributed by atoms with E-state index in [0.29, 0.717) is 5.56 Å². The number of amides is 1. The van der Waals surface area contributed by atoms with Gasteiger partial charge in [-0.25, -0.2) is 4.79 Å². The Morgan fingerprint density at radius 2 is 1.95 bits per heavy atom. The number of hydrogen-bond donors (Lipinski definition) is 3. The van der Waals surface area contributed by atoms with Gasteiger partial charge in [0, 0.05) is 13.0 Å². The maximum atomic E-state index is 12.2. The summed E-state index contributed by atoms with van der Waals surface area (Å²) in [5, 5.41) is 18.6. The van der Waals surface area contributed by atoms with E-state index < -0.39 is 30.1 Å². The highest BCUT2D eigenvalue weighted by Gasteiger charge is 2.40. The predicted octanol–water partition coefficient (Wildman–Crippen LogP) is -0.267. The van der Waals surface area contributed by atoms with E-state index >= 15 is 0 Å². The highest BCUT2D eigenvalue weighted by molar-refractivity contribution is 5.88. The molecule has 3 atom stereocenters. The molecule has 1 saturated heterocycles. The molecular weight excluding hydrogens is 248 g/mol. The lowest BCUT2D eigenvalue weighted by atomic mass is 10.1. The second-order valence-electron chi connectivity index (χ2n) is 4.62. The molecule has 19 heavy (non-hydrogen) atoms. The first-order chi connectivity index (χ1) is 9.00. The number of likely N-dealkylation sites (tertiary alicyclic amines) is 1. The number of benzene rings is 1. The van der Waals surface area contributed by atoms with E-state index in [1.165, 1.54) is 0 Å². The maximum absolute atomic E-state index is 12.2. The molecule has 1 amide bonds. The number of β-amino-alcohol motifs (C(OH)–C–C–N with tert-alkyl or cyclic N) is 1. The molecule has 1 heterocycles. The SMILES string of the molecule is NC(C(=O)N1C[C@H](O)C[C@H]1C(=O)O)c1ccccc1. The van der Waals surface area contributed by atoms with Crippen molar-refractivity contribution in [2.75, 3.05) is 6.54 Å². The zero-order chi connectivity index (χ0) is 14.0. The predicted molar refractivity (Wildman–Crippen MR) is 67.1 cm³/mol. The lowest BCUT2D eigenvalue weighted by Crippen LogP contribution is -2.45. The Balaban J connectivity index is 2.17. The summed E-state index contributed by atoms with van der Waals surface area (Å²) in [7, 11) is 0. The number of rotatable bonds is 3. The molecule has 1 aromatic carbocycles. The Morgan fingerprint density at radius 1 is 1.32 bits per heavy atom. The Kier molecular flexibility index (Phi) is 3.82. The third-order valence-corrected chi connectivity index (χ3v) is 3.27. The number of carbonyl (C=O) groups excluding carboxylic acids is 1. The molecule has 0 saturated carbocycles. The number of aliphatic carboxylic acids is 1. The number of carbonyl (C=O) groups is 2. The molecule has 6 nitrogen and oxygen atoms in total. The van der Waals surface area contributed by atoms with Gasteiger partial charge in [-0.15, -0.1) is 0 Å². The number of carboxylic acids is 1. The molecule has 102 valence electrons. The van der Waals surface area contributed by atoms with E-state index in [4.69, 9.17) is 10.8 Å². The summed E-state index contributed by atoms with van der Waals surface area (Å²) in [4.78, 5) is 24.5. The molecule has 1 fully saturated rings. The monoisotopic (exact) mass is 264 g/mol. The number of hydrogen-bond acceptors (Lipinski definition) is 4. The number of carboxylic acid groups (broad SMARTS) is 1. The highest BCUT2D eigenvalue weighted by Crippen LogP contribution is 2.22. The van der Waals surface area contributed by atoms with Crippen LogP contribution in [0.3, 0.4) is 0 Å². The van der Waals surface area contributed by atoms with Crippen molar-refractivity contribution in [2.45, 2.75) is 24.6 Å². The quantitative estimate of drug-likeness (QED) is 0.697. The van der Waals surface area contributed by atoms with Crippen LogP contribution in [-0.2, 0) is 9.59 Å². The lowest BCUT2D eigenvalue weighted by Gasteiger charge is -2.24. The van der Waals surface area contributed by atoms with Crippen LogP contribution in [0.15, 0.2) is 30.3 Å². The lowest BCUT2D eigenvalue weighted by molar-refractivity contribution is -0.148. The van der Waals surface area contributed by atoms with E-state index in [9.17, 15) is 14.7 Å². The van der Waals surface area contributed by atoms with Crippen LogP contribution in [0.25, 0.3) is 0 Å². The van der Waals surface area contributed by atoms with Crippen molar-refractivity contribution >= 4 is 11.9 Å². The smallest absolute Gasteiger partial charge is 0.326 e. The second kappa shape index (κ2) is 5.38. The van der Waals surface area contributed by atoms with Gasteiger partial charge in [0.1, 0.15) is 12.1 Å². The Morgan fingerprint density at radius 3 is 2.53 bits per heavy atom. The number of nitrogens with two attached hydrogens (primary N) is 1. The maximum Gasteiger partial charge on any atom is 0.326 e. The summed E-state index contributed by atoms with van der Waals surface area (Å²) >= 11 is 0. The number of nitrogens with zero attached hydrogens (tertiary/aromatic N) is 1. The average Bonchev–Trinajstić information content (AvgIpc) is 2.80. The first kappa shape index (κ1) is 13.5. The largest absolute Gasteiger partial charge is 0.480 e. The standard InChI is InChI=1S/C13H16N2O4/c14-11(8-4-2-1-3-5-8)12(17)15-7-9(16)6-10(15)13(18)19/h1-5,9-11,16H,6-7,14H2,(H,18,19)/t9-,10+,11?/m1/s1. The van der Waals surface area contributed by atoms with Crippen LogP contribution in [0, 0.1) is 0 Å². The van der Waals surface area contributed by atoms with Crippen LogP contribution >= 0.6 is 0 Å². The van der Waals surface area contributed by atoms with Gasteiger partial charge < -0.3 is 20.8 Å². The fraction of sp³-hybridized carbons (Fsp3) is 0.385. The summed E-state index contributed by atoms with van der Waals surface area (Å²) in [5.74, 6) is -1.60. The van der Waals surface area contributed by atoms with Gasteiger partial charge in [0.15, 0.2) is 0 Å². The summed E-state index contributed by atoms with van der Waals surface area (Å²) in [5.41, 5.74) is 6.48. The normalized spacial score (nSPS) is 24.2. The van der Waals surface area contributed by atoms with Crippen molar-refractivity contribution in [1.29, 1.82) is 0 Å². The Hall–Kier alpha value is -1.92. The molecule has 0 aliphatic carbocycles. The van der Waals surface area contributed by atoms with E-state index in [1.807, 2.05) is 0 Å². The molecule has 1 unspecified atom stereocenters. The van der Waals surface area contributed by atoms with Gasteiger partial charge in [0.05, 0.1) is 6.10 Å². The molecule has 1 aromatic rings. The topological polar surface area (TPSA) is 104 Å². The van der Waals surface area contributed by atoms with Crippen molar-refractivity contribution < 1.29 is 19.8 Å². The van der Waals surface area contributed by atoms with E-state index in [-0.39, 0.29) is 13.0 Å². The average molecular weight is 264 g/mol. The first-order valence-electron chi connectivity index (χ1n) is 6.02. The Labute approximate surface area is 110 Å². The summed E-state index contributed by atoms with van der Waals surface area (Å²) in [6.07, 6.45) is -0.768. The van der Waals surface area contributed by atoms with Crippen molar-refractivity contribution in [1.82, 2.24) is 4.90 Å². The van der Waals surface area contributed by atoms with Crippen molar-refractivity contribution in [3.05, 3.63) is 35.9 Å². The van der Waals surface area contributed by atoms with Crippen LogP contribution in [0.1, 0.15) is 18.0 Å². The fourth-order valence-corrected chi connectivity index (χ4v) is 2.27. The minimum atomic E-state index is -1.12. The molecule has 0 radical (unpaired) electrons. The number of aliphatic hydroxyl groups excluding tert-OH is 1. The zero-order valence-electron chi connectivity index (χ0n) is 10.3. The van der Waals surface area contributed by atoms with Gasteiger partial charge in [-0.2, -0.15) is 0 Å². The molecule has 2 rings (SSSR count). The van der Waals surface area contributed by atoms with E-state index in [1.54, 1.807) is 30.3 Å². The van der Waals surface area contributed by atoms with E-state index in [0.717, 1.165) is 4.90 Å². The van der Waals surface area contributed by atoms with Crippen LogP contribution < -0.4 is 5.73 Å². The number of aliphatic hydroxyl groups is 1. The van der Waals surface area contributed by atoms with Gasteiger partial charge in [0.2, 0.25) is 5.91 Å². The molecule has 0 spiro atoms. The third kappa shape index (κ3) is 2.74. The molecular formula is C13H16N2O4. The van der Waals surface area contributed by atoms with Crippen LogP contribution in [0.2, 0.25) is 0 Å². The van der Waals surface area contributed by atoms with Gasteiger partial charge in [0.25, 0.3) is 0 Å². The van der Waals surface area contributed by atoms with Crippen LogP contribution in [-0.4, -0.2) is 45.7 Å². The van der Waals surface area contributed by atoms with Gasteiger partial charge in [-0.1, -0.05) is 30.3 Å². The summed E-state index contributed by atoms with van der Waals surface area (Å²) in [6, 6.07) is 6.84. The summed E-state index contributed by atoms with van der Waals surface area (Å²) in [6.45, 7) is 0.0103. The minimum absolute atomic E-state index is 0.0103. The van der Waals surface area contributed by atoms with E-state index in [2.05, 4.69) is 0 Å². The van der Waals surface area contributed by atoms with Gasteiger partial charge in [-0.3, -0.25) is 4.79 Å². The molecule has 0 aromatic heterocycles. The van der Waals surface area contributed by atoms with Crippen molar-refractivity contribution in [2.24, 2.45) is 5.73 Å². The molecule has 1 aliphatic heterocycles. The first-order valence-corrected chi connectivity index (χ1v) is 6.02. The molecule has 1 aliphatic rings. The zero-order valence-corrected chi connectivity index (χ0v) is 10.3. The van der Waals surface area contributed by atoms with Crippen molar-refractivity contribution in [3.8, 4) is 0 Å². The molecule has 6 heteroatoms. The summed E-state index contributed by atoms with van der Waals surface area (Å²) < 4.78 is 0. The van der Waals surface area contributed by atoms with Crippen molar-refractivity contribution in [3.63, 3.8) is 0 Å².